The summed E-state index contributed by atoms with van der Waals surface area (Å²) in [6.07, 6.45) is 0. The lowest BCUT2D eigenvalue weighted by Crippen LogP contribution is -2.29. The molecule has 0 saturated carbocycles. The van der Waals surface area contributed by atoms with Gasteiger partial charge < -0.3 is 14.8 Å². The third-order valence-electron chi connectivity index (χ3n) is 4.07. The molecule has 27 heavy (non-hydrogen) atoms. The van der Waals surface area contributed by atoms with E-state index in [0.717, 1.165) is 17.3 Å². The Morgan fingerprint density at radius 3 is 2.22 bits per heavy atom. The summed E-state index contributed by atoms with van der Waals surface area (Å²) in [5.74, 6) is 2.93. The van der Waals surface area contributed by atoms with Gasteiger partial charge in [0.15, 0.2) is 0 Å². The van der Waals surface area contributed by atoms with Gasteiger partial charge in [-0.05, 0) is 40.8 Å². The van der Waals surface area contributed by atoms with Crippen molar-refractivity contribution in [3.63, 3.8) is 0 Å². The van der Waals surface area contributed by atoms with Crippen molar-refractivity contribution in [2.24, 2.45) is 0 Å². The minimum atomic E-state index is 0.0280. The van der Waals surface area contributed by atoms with Gasteiger partial charge >= 0.3 is 0 Å². The van der Waals surface area contributed by atoms with Crippen LogP contribution in [-0.2, 0) is 16.0 Å². The molecule has 1 N–H and O–H groups in total. The minimum Gasteiger partial charge on any atom is -0.497 e. The fourth-order valence-electron chi connectivity index (χ4n) is 2.44. The number of nitrogens with one attached hydrogen (secondary N) is 1. The third kappa shape index (κ3) is 7.55. The van der Waals surface area contributed by atoms with Crippen molar-refractivity contribution in [2.45, 2.75) is 31.9 Å². The second kappa shape index (κ2) is 10.3. The number of amides is 1. The molecule has 2 rings (SSSR count). The average Bonchev–Trinajstić information content (AvgIpc) is 2.65. The van der Waals surface area contributed by atoms with Gasteiger partial charge in [-0.25, -0.2) is 0 Å². The summed E-state index contributed by atoms with van der Waals surface area (Å²) in [4.78, 5) is 11.9. The molecule has 0 unspecified atom stereocenters. The maximum absolute atomic E-state index is 11.9. The summed E-state index contributed by atoms with van der Waals surface area (Å²) >= 11 is 1.59. The molecule has 5 heteroatoms. The molecule has 0 heterocycles. The van der Waals surface area contributed by atoms with Crippen molar-refractivity contribution < 1.29 is 14.3 Å². The average molecular weight is 388 g/mol. The molecule has 1 amide bonds. The molecular formula is C22H29NO3S. The van der Waals surface area contributed by atoms with Gasteiger partial charge in [-0.2, -0.15) is 0 Å². The Labute approximate surface area is 166 Å². The number of carbonyl (C=O) groups excluding carboxylic acids is 1. The van der Waals surface area contributed by atoms with Gasteiger partial charge in [0.25, 0.3) is 0 Å². The number of benzene rings is 2. The lowest BCUT2D eigenvalue weighted by Gasteiger charge is -2.19. The number of hydrogen-bond donors (Lipinski definition) is 1. The summed E-state index contributed by atoms with van der Waals surface area (Å²) in [5, 5.41) is 2.89. The second-order valence-corrected chi connectivity index (χ2v) is 8.30. The molecule has 2 aromatic carbocycles. The molecule has 0 spiro atoms. The van der Waals surface area contributed by atoms with Gasteiger partial charge in [0.1, 0.15) is 18.1 Å². The zero-order valence-electron chi connectivity index (χ0n) is 16.6. The fraction of sp³-hybridized carbons (Fsp3) is 0.409. The first kappa shape index (κ1) is 21.2. The normalized spacial score (nSPS) is 11.1. The molecule has 146 valence electrons. The summed E-state index contributed by atoms with van der Waals surface area (Å²) in [7, 11) is 1.65. The lowest BCUT2D eigenvalue weighted by molar-refractivity contribution is -0.118. The molecular weight excluding hydrogens is 358 g/mol. The Balaban J connectivity index is 1.60. The molecule has 0 bridgehead atoms. The van der Waals surface area contributed by atoms with Crippen LogP contribution >= 0.6 is 11.8 Å². The quantitative estimate of drug-likeness (QED) is 0.647. The minimum absolute atomic E-state index is 0.0280. The van der Waals surface area contributed by atoms with Crippen molar-refractivity contribution in [2.75, 3.05) is 26.0 Å². The molecule has 2 aromatic rings. The highest BCUT2D eigenvalue weighted by Gasteiger charge is 2.12. The SMILES string of the molecule is COc1ccc(CSCC(=O)NCCOc2ccc(C(C)(C)C)cc2)cc1. The molecule has 0 atom stereocenters. The Morgan fingerprint density at radius 2 is 1.63 bits per heavy atom. The van der Waals surface area contributed by atoms with E-state index in [4.69, 9.17) is 9.47 Å². The second-order valence-electron chi connectivity index (χ2n) is 7.31. The van der Waals surface area contributed by atoms with Crippen LogP contribution in [0.1, 0.15) is 31.9 Å². The van der Waals surface area contributed by atoms with Gasteiger partial charge in [-0.15, -0.1) is 11.8 Å². The zero-order valence-corrected chi connectivity index (χ0v) is 17.4. The van der Waals surface area contributed by atoms with E-state index >= 15 is 0 Å². The first-order valence-corrected chi connectivity index (χ1v) is 10.2. The van der Waals surface area contributed by atoms with Gasteiger partial charge in [-0.1, -0.05) is 45.0 Å². The van der Waals surface area contributed by atoms with Crippen LogP contribution in [0, 0.1) is 0 Å². The van der Waals surface area contributed by atoms with Crippen LogP contribution < -0.4 is 14.8 Å². The maximum atomic E-state index is 11.9. The number of carbonyl (C=O) groups is 1. The maximum Gasteiger partial charge on any atom is 0.230 e. The summed E-state index contributed by atoms with van der Waals surface area (Å²) in [5.41, 5.74) is 2.59. The largest absolute Gasteiger partial charge is 0.497 e. The van der Waals surface area contributed by atoms with E-state index in [-0.39, 0.29) is 11.3 Å². The highest BCUT2D eigenvalue weighted by atomic mass is 32.2. The third-order valence-corrected chi connectivity index (χ3v) is 5.08. The Hall–Kier alpha value is -2.14. The smallest absolute Gasteiger partial charge is 0.230 e. The number of ether oxygens (including phenoxy) is 2. The van der Waals surface area contributed by atoms with Crippen LogP contribution in [0.4, 0.5) is 0 Å². The van der Waals surface area contributed by atoms with Crippen LogP contribution in [0.15, 0.2) is 48.5 Å². The van der Waals surface area contributed by atoms with E-state index in [1.165, 1.54) is 11.1 Å². The molecule has 0 saturated heterocycles. The first-order valence-electron chi connectivity index (χ1n) is 9.09. The Morgan fingerprint density at radius 1 is 1.00 bits per heavy atom. The molecule has 0 aliphatic heterocycles. The van der Waals surface area contributed by atoms with Crippen molar-refractivity contribution in [3.8, 4) is 11.5 Å². The topological polar surface area (TPSA) is 47.6 Å². The van der Waals surface area contributed by atoms with Crippen LogP contribution in [0.3, 0.4) is 0 Å². The van der Waals surface area contributed by atoms with Gasteiger partial charge in [0.2, 0.25) is 5.91 Å². The standard InChI is InChI=1S/C22H29NO3S/c1-22(2,3)18-7-11-20(12-8-18)26-14-13-23-21(24)16-27-15-17-5-9-19(25-4)10-6-17/h5-12H,13-16H2,1-4H3,(H,23,24). The summed E-state index contributed by atoms with van der Waals surface area (Å²) < 4.78 is 10.8. The highest BCUT2D eigenvalue weighted by Crippen LogP contribution is 2.24. The van der Waals surface area contributed by atoms with Gasteiger partial charge in [-0.3, -0.25) is 4.79 Å². The van der Waals surface area contributed by atoms with E-state index in [0.29, 0.717) is 18.9 Å². The molecule has 0 aliphatic carbocycles. The number of thioether (sulfide) groups is 1. The first-order chi connectivity index (χ1) is 12.9. The molecule has 0 aliphatic rings. The van der Waals surface area contributed by atoms with Gasteiger partial charge in [0.05, 0.1) is 19.4 Å². The van der Waals surface area contributed by atoms with Crippen LogP contribution in [0.25, 0.3) is 0 Å². The van der Waals surface area contributed by atoms with E-state index in [1.807, 2.05) is 36.4 Å². The van der Waals surface area contributed by atoms with E-state index in [2.05, 4.69) is 38.2 Å². The fourth-order valence-corrected chi connectivity index (χ4v) is 3.26. The zero-order chi connectivity index (χ0) is 19.7. The molecule has 4 nitrogen and oxygen atoms in total. The predicted octanol–water partition coefficient (Wildman–Crippen LogP) is 4.42. The number of rotatable bonds is 9. The Kier molecular flexibility index (Phi) is 8.04. The van der Waals surface area contributed by atoms with Crippen molar-refractivity contribution in [3.05, 3.63) is 59.7 Å². The molecule has 0 aromatic heterocycles. The van der Waals surface area contributed by atoms with Crippen molar-refractivity contribution in [1.82, 2.24) is 5.32 Å². The lowest BCUT2D eigenvalue weighted by atomic mass is 9.87. The molecule has 0 fully saturated rings. The molecule has 0 radical (unpaired) electrons. The van der Waals surface area contributed by atoms with Gasteiger partial charge in [0, 0.05) is 5.75 Å². The van der Waals surface area contributed by atoms with Crippen molar-refractivity contribution >= 4 is 17.7 Å². The number of hydrogen-bond acceptors (Lipinski definition) is 4. The predicted molar refractivity (Wildman–Crippen MR) is 113 cm³/mol. The van der Waals surface area contributed by atoms with E-state index in [1.54, 1.807) is 18.9 Å². The van der Waals surface area contributed by atoms with Crippen LogP contribution in [0.2, 0.25) is 0 Å². The highest BCUT2D eigenvalue weighted by molar-refractivity contribution is 7.99. The van der Waals surface area contributed by atoms with Crippen molar-refractivity contribution in [1.29, 1.82) is 0 Å². The van der Waals surface area contributed by atoms with Crippen LogP contribution in [-0.4, -0.2) is 31.9 Å². The van der Waals surface area contributed by atoms with E-state index < -0.39 is 0 Å². The monoisotopic (exact) mass is 387 g/mol. The number of methoxy groups -OCH3 is 1. The Bertz CT molecular complexity index is 706. The van der Waals surface area contributed by atoms with Crippen LogP contribution in [0.5, 0.6) is 11.5 Å². The summed E-state index contributed by atoms with van der Waals surface area (Å²) in [6, 6.07) is 16.0. The van der Waals surface area contributed by atoms with E-state index in [9.17, 15) is 4.79 Å². The summed E-state index contributed by atoms with van der Waals surface area (Å²) in [6.45, 7) is 7.52.